The van der Waals surface area contributed by atoms with Crippen molar-refractivity contribution in [3.05, 3.63) is 0 Å². The van der Waals surface area contributed by atoms with Crippen molar-refractivity contribution in [2.24, 2.45) is 0 Å². The maximum absolute atomic E-state index is 9.08. The van der Waals surface area contributed by atoms with Crippen molar-refractivity contribution in [2.45, 2.75) is 37.9 Å². The van der Waals surface area contributed by atoms with Gasteiger partial charge >= 0.3 is 0 Å². The maximum Gasteiger partial charge on any atom is 0.0594 e. The van der Waals surface area contributed by atoms with Gasteiger partial charge in [-0.05, 0) is 19.8 Å². The van der Waals surface area contributed by atoms with Crippen LogP contribution < -0.4 is 5.32 Å². The van der Waals surface area contributed by atoms with Gasteiger partial charge < -0.3 is 15.2 Å². The second-order valence-electron chi connectivity index (χ2n) is 4.62. The van der Waals surface area contributed by atoms with Crippen molar-refractivity contribution in [3.8, 4) is 0 Å². The van der Waals surface area contributed by atoms with Gasteiger partial charge in [-0.2, -0.15) is 0 Å². The summed E-state index contributed by atoms with van der Waals surface area (Å²) < 4.78 is 5.35. The summed E-state index contributed by atoms with van der Waals surface area (Å²) in [7, 11) is 0. The number of aliphatic hydroxyl groups is 1. The fourth-order valence-corrected chi connectivity index (χ4v) is 2.61. The summed E-state index contributed by atoms with van der Waals surface area (Å²) in [4.78, 5) is 2.49. The molecular formula is C11H22N2O2. The molecule has 2 saturated heterocycles. The van der Waals surface area contributed by atoms with E-state index in [0.29, 0.717) is 18.1 Å². The predicted molar refractivity (Wildman–Crippen MR) is 58.9 cm³/mol. The van der Waals surface area contributed by atoms with E-state index in [1.165, 1.54) is 6.42 Å². The van der Waals surface area contributed by atoms with E-state index in [0.717, 1.165) is 32.7 Å². The Morgan fingerprint density at radius 1 is 1.40 bits per heavy atom. The molecule has 0 radical (unpaired) electrons. The van der Waals surface area contributed by atoms with Crippen LogP contribution in [0.4, 0.5) is 0 Å². The van der Waals surface area contributed by atoms with Crippen LogP contribution in [0, 0.1) is 0 Å². The van der Waals surface area contributed by atoms with Gasteiger partial charge in [-0.15, -0.1) is 0 Å². The summed E-state index contributed by atoms with van der Waals surface area (Å²) in [5.41, 5.74) is 0. The number of aliphatic hydroxyl groups excluding tert-OH is 1. The Morgan fingerprint density at radius 2 is 2.13 bits per heavy atom. The smallest absolute Gasteiger partial charge is 0.0594 e. The molecule has 3 atom stereocenters. The van der Waals surface area contributed by atoms with Crippen LogP contribution in [-0.4, -0.2) is 61.0 Å². The molecule has 0 saturated carbocycles. The Labute approximate surface area is 91.6 Å². The van der Waals surface area contributed by atoms with Gasteiger partial charge in [0.1, 0.15) is 0 Å². The SMILES string of the molecule is CC(C1CC[C@@H](CO)N1)N1CCOCC1. The average molecular weight is 214 g/mol. The summed E-state index contributed by atoms with van der Waals surface area (Å²) >= 11 is 0. The van der Waals surface area contributed by atoms with Gasteiger partial charge in [-0.1, -0.05) is 0 Å². The number of rotatable bonds is 3. The standard InChI is InChI=1S/C11H22N2O2/c1-9(13-4-6-15-7-5-13)11-3-2-10(8-14)12-11/h9-12,14H,2-8H2,1H3/t9?,10-,11?/m0/s1. The fourth-order valence-electron chi connectivity index (χ4n) is 2.61. The van der Waals surface area contributed by atoms with Crippen molar-refractivity contribution in [1.29, 1.82) is 0 Å². The molecule has 0 aliphatic carbocycles. The molecule has 2 unspecified atom stereocenters. The summed E-state index contributed by atoms with van der Waals surface area (Å²) in [6.07, 6.45) is 2.29. The van der Waals surface area contributed by atoms with Crippen LogP contribution in [0.2, 0.25) is 0 Å². The summed E-state index contributed by atoms with van der Waals surface area (Å²) in [6, 6.07) is 1.42. The second kappa shape index (κ2) is 5.25. The van der Waals surface area contributed by atoms with Gasteiger partial charge in [0.2, 0.25) is 0 Å². The molecule has 4 heteroatoms. The minimum absolute atomic E-state index is 0.270. The zero-order valence-electron chi connectivity index (χ0n) is 9.48. The Hall–Kier alpha value is -0.160. The first-order chi connectivity index (χ1) is 7.31. The molecule has 4 nitrogen and oxygen atoms in total. The molecule has 0 aromatic carbocycles. The first-order valence-corrected chi connectivity index (χ1v) is 6.00. The lowest BCUT2D eigenvalue weighted by Gasteiger charge is -2.35. The van der Waals surface area contributed by atoms with E-state index < -0.39 is 0 Å². The highest BCUT2D eigenvalue weighted by atomic mass is 16.5. The number of morpholine rings is 1. The van der Waals surface area contributed by atoms with Crippen LogP contribution in [0.1, 0.15) is 19.8 Å². The van der Waals surface area contributed by atoms with Gasteiger partial charge in [-0.25, -0.2) is 0 Å². The van der Waals surface area contributed by atoms with Crippen molar-refractivity contribution >= 4 is 0 Å². The first kappa shape index (κ1) is 11.3. The van der Waals surface area contributed by atoms with Crippen LogP contribution in [0.25, 0.3) is 0 Å². The van der Waals surface area contributed by atoms with E-state index in [-0.39, 0.29) is 6.61 Å². The number of ether oxygens (including phenoxy) is 1. The van der Waals surface area contributed by atoms with Gasteiger partial charge in [0.25, 0.3) is 0 Å². The summed E-state index contributed by atoms with van der Waals surface area (Å²) in [5, 5.41) is 12.6. The molecule has 2 aliphatic heterocycles. The highest BCUT2D eigenvalue weighted by Crippen LogP contribution is 2.19. The van der Waals surface area contributed by atoms with E-state index in [4.69, 9.17) is 9.84 Å². The van der Waals surface area contributed by atoms with Crippen molar-refractivity contribution in [1.82, 2.24) is 10.2 Å². The molecule has 88 valence electrons. The molecule has 2 rings (SSSR count). The Morgan fingerprint density at radius 3 is 2.73 bits per heavy atom. The third-order valence-corrected chi connectivity index (χ3v) is 3.70. The number of nitrogens with one attached hydrogen (secondary N) is 1. The molecule has 0 bridgehead atoms. The zero-order chi connectivity index (χ0) is 10.7. The van der Waals surface area contributed by atoms with Crippen LogP contribution in [0.5, 0.6) is 0 Å². The number of hydrogen-bond acceptors (Lipinski definition) is 4. The van der Waals surface area contributed by atoms with E-state index in [1.54, 1.807) is 0 Å². The minimum Gasteiger partial charge on any atom is -0.395 e. The topological polar surface area (TPSA) is 44.7 Å². The third kappa shape index (κ3) is 2.69. The van der Waals surface area contributed by atoms with E-state index in [9.17, 15) is 0 Å². The fraction of sp³-hybridized carbons (Fsp3) is 1.00. The largest absolute Gasteiger partial charge is 0.395 e. The predicted octanol–water partition coefficient (Wildman–Crippen LogP) is -0.180. The Balaban J connectivity index is 1.82. The zero-order valence-corrected chi connectivity index (χ0v) is 9.48. The molecule has 0 amide bonds. The molecule has 2 heterocycles. The van der Waals surface area contributed by atoms with E-state index in [1.807, 2.05) is 0 Å². The van der Waals surface area contributed by atoms with E-state index in [2.05, 4.69) is 17.1 Å². The first-order valence-electron chi connectivity index (χ1n) is 6.00. The summed E-state index contributed by atoms with van der Waals surface area (Å²) in [6.45, 7) is 6.36. The molecule has 0 aromatic rings. The lowest BCUT2D eigenvalue weighted by molar-refractivity contribution is 0.0132. The van der Waals surface area contributed by atoms with Crippen molar-refractivity contribution < 1.29 is 9.84 Å². The normalized spacial score (nSPS) is 35.6. The van der Waals surface area contributed by atoms with E-state index >= 15 is 0 Å². The van der Waals surface area contributed by atoms with Gasteiger partial charge in [-0.3, -0.25) is 4.90 Å². The lowest BCUT2D eigenvalue weighted by Crippen LogP contribution is -2.51. The van der Waals surface area contributed by atoms with Crippen molar-refractivity contribution in [2.75, 3.05) is 32.9 Å². The quantitative estimate of drug-likeness (QED) is 0.684. The van der Waals surface area contributed by atoms with Gasteiger partial charge in [0.15, 0.2) is 0 Å². The van der Waals surface area contributed by atoms with Crippen LogP contribution in [0.15, 0.2) is 0 Å². The molecule has 2 N–H and O–H groups in total. The Bertz CT molecular complexity index is 195. The van der Waals surface area contributed by atoms with Gasteiger partial charge in [0, 0.05) is 31.2 Å². The molecule has 15 heavy (non-hydrogen) atoms. The molecule has 0 aromatic heterocycles. The maximum atomic E-state index is 9.08. The minimum atomic E-state index is 0.270. The highest BCUT2D eigenvalue weighted by molar-refractivity contribution is 4.90. The number of hydrogen-bond donors (Lipinski definition) is 2. The highest BCUT2D eigenvalue weighted by Gasteiger charge is 2.30. The summed E-state index contributed by atoms with van der Waals surface area (Å²) in [5.74, 6) is 0. The monoisotopic (exact) mass is 214 g/mol. The van der Waals surface area contributed by atoms with Crippen LogP contribution in [-0.2, 0) is 4.74 Å². The number of nitrogens with zero attached hydrogens (tertiary/aromatic N) is 1. The van der Waals surface area contributed by atoms with Crippen LogP contribution >= 0.6 is 0 Å². The molecule has 0 spiro atoms. The van der Waals surface area contributed by atoms with Crippen LogP contribution in [0.3, 0.4) is 0 Å². The van der Waals surface area contributed by atoms with Gasteiger partial charge in [0.05, 0.1) is 19.8 Å². The second-order valence-corrected chi connectivity index (χ2v) is 4.62. The average Bonchev–Trinajstić information content (AvgIpc) is 2.78. The lowest BCUT2D eigenvalue weighted by atomic mass is 10.1. The Kier molecular flexibility index (Phi) is 3.97. The molecule has 2 aliphatic rings. The molecular weight excluding hydrogens is 192 g/mol. The third-order valence-electron chi connectivity index (χ3n) is 3.70. The molecule has 2 fully saturated rings. The van der Waals surface area contributed by atoms with Crippen molar-refractivity contribution in [3.63, 3.8) is 0 Å².